The van der Waals surface area contributed by atoms with Gasteiger partial charge in [0.05, 0.1) is 11.8 Å². The van der Waals surface area contributed by atoms with Gasteiger partial charge in [-0.1, -0.05) is 6.07 Å². The SMILES string of the molecule is O=C(CCc1cccs1)c1ccoc1Cl. The molecule has 0 aliphatic rings. The molecule has 0 bridgehead atoms. The average molecular weight is 241 g/mol. The molecule has 15 heavy (non-hydrogen) atoms. The normalized spacial score (nSPS) is 10.5. The van der Waals surface area contributed by atoms with E-state index >= 15 is 0 Å². The number of furan rings is 1. The number of ketones is 1. The molecule has 0 N–H and O–H groups in total. The highest BCUT2D eigenvalue weighted by molar-refractivity contribution is 7.09. The van der Waals surface area contributed by atoms with E-state index < -0.39 is 0 Å². The Kier molecular flexibility index (Phi) is 3.23. The summed E-state index contributed by atoms with van der Waals surface area (Å²) >= 11 is 7.37. The van der Waals surface area contributed by atoms with Crippen LogP contribution in [-0.4, -0.2) is 5.78 Å². The van der Waals surface area contributed by atoms with Gasteiger partial charge in [-0.2, -0.15) is 0 Å². The number of hydrogen-bond acceptors (Lipinski definition) is 3. The maximum absolute atomic E-state index is 11.7. The number of Topliss-reactive ketones (excluding diaryl/α,β-unsaturated/α-hetero) is 1. The van der Waals surface area contributed by atoms with Crippen molar-refractivity contribution in [1.29, 1.82) is 0 Å². The molecule has 0 amide bonds. The Bertz CT molecular complexity index is 445. The topological polar surface area (TPSA) is 30.2 Å². The van der Waals surface area contributed by atoms with Crippen LogP contribution >= 0.6 is 22.9 Å². The Labute approximate surface area is 96.5 Å². The lowest BCUT2D eigenvalue weighted by atomic mass is 10.1. The second-order valence-electron chi connectivity index (χ2n) is 3.11. The largest absolute Gasteiger partial charge is 0.452 e. The van der Waals surface area contributed by atoms with Crippen LogP contribution in [0.1, 0.15) is 21.7 Å². The van der Waals surface area contributed by atoms with Crippen molar-refractivity contribution in [1.82, 2.24) is 0 Å². The minimum absolute atomic E-state index is 0.0298. The number of carbonyl (C=O) groups excluding carboxylic acids is 1. The van der Waals surface area contributed by atoms with Gasteiger partial charge in [0.1, 0.15) is 0 Å². The zero-order valence-corrected chi connectivity index (χ0v) is 9.48. The van der Waals surface area contributed by atoms with Crippen LogP contribution in [0.4, 0.5) is 0 Å². The lowest BCUT2D eigenvalue weighted by Crippen LogP contribution is -1.99. The minimum Gasteiger partial charge on any atom is -0.452 e. The highest BCUT2D eigenvalue weighted by atomic mass is 35.5. The van der Waals surface area contributed by atoms with E-state index in [4.69, 9.17) is 16.0 Å². The highest BCUT2D eigenvalue weighted by Crippen LogP contribution is 2.20. The maximum atomic E-state index is 11.7. The monoisotopic (exact) mass is 240 g/mol. The van der Waals surface area contributed by atoms with Crippen molar-refractivity contribution in [2.24, 2.45) is 0 Å². The molecule has 78 valence electrons. The molecule has 2 aromatic heterocycles. The van der Waals surface area contributed by atoms with Crippen molar-refractivity contribution in [3.05, 3.63) is 45.5 Å². The first kappa shape index (κ1) is 10.5. The molecule has 0 saturated heterocycles. The number of thiophene rings is 1. The number of hydrogen-bond donors (Lipinski definition) is 0. The Morgan fingerprint density at radius 2 is 2.33 bits per heavy atom. The summed E-state index contributed by atoms with van der Waals surface area (Å²) in [6.07, 6.45) is 2.67. The minimum atomic E-state index is 0.0298. The van der Waals surface area contributed by atoms with E-state index in [0.717, 1.165) is 6.42 Å². The van der Waals surface area contributed by atoms with E-state index in [-0.39, 0.29) is 11.0 Å². The third-order valence-corrected chi connectivity index (χ3v) is 3.33. The summed E-state index contributed by atoms with van der Waals surface area (Å²) in [6.45, 7) is 0. The van der Waals surface area contributed by atoms with Crippen LogP contribution < -0.4 is 0 Å². The number of aryl methyl sites for hydroxylation is 1. The zero-order valence-electron chi connectivity index (χ0n) is 7.90. The van der Waals surface area contributed by atoms with Gasteiger partial charge in [0.2, 0.25) is 5.22 Å². The molecule has 0 fully saturated rings. The molecule has 2 heterocycles. The molecular weight excluding hydrogens is 232 g/mol. The van der Waals surface area contributed by atoms with E-state index in [1.807, 2.05) is 17.5 Å². The summed E-state index contributed by atoms with van der Waals surface area (Å²) in [5.41, 5.74) is 0.480. The molecule has 0 aliphatic heterocycles. The van der Waals surface area contributed by atoms with E-state index in [1.54, 1.807) is 17.4 Å². The summed E-state index contributed by atoms with van der Waals surface area (Å²) in [5.74, 6) is 0.0298. The summed E-state index contributed by atoms with van der Waals surface area (Å²) in [5, 5.41) is 2.19. The molecule has 2 aromatic rings. The van der Waals surface area contributed by atoms with Crippen molar-refractivity contribution >= 4 is 28.7 Å². The summed E-state index contributed by atoms with van der Waals surface area (Å²) < 4.78 is 4.87. The average Bonchev–Trinajstić information content (AvgIpc) is 2.84. The van der Waals surface area contributed by atoms with Gasteiger partial charge in [-0.05, 0) is 35.5 Å². The fraction of sp³-hybridized carbons (Fsp3) is 0.182. The van der Waals surface area contributed by atoms with Crippen molar-refractivity contribution < 1.29 is 9.21 Å². The van der Waals surface area contributed by atoms with Crippen LogP contribution in [0.3, 0.4) is 0 Å². The van der Waals surface area contributed by atoms with Gasteiger partial charge in [-0.25, -0.2) is 0 Å². The smallest absolute Gasteiger partial charge is 0.203 e. The number of carbonyl (C=O) groups is 1. The number of halogens is 1. The third kappa shape index (κ3) is 2.49. The maximum Gasteiger partial charge on any atom is 0.203 e. The molecule has 0 unspecified atom stereocenters. The Morgan fingerprint density at radius 3 is 2.93 bits per heavy atom. The molecule has 0 saturated carbocycles. The van der Waals surface area contributed by atoms with Crippen molar-refractivity contribution in [2.45, 2.75) is 12.8 Å². The molecular formula is C11H9ClO2S. The molecule has 0 spiro atoms. The first-order valence-corrected chi connectivity index (χ1v) is 5.81. The van der Waals surface area contributed by atoms with E-state index in [0.29, 0.717) is 12.0 Å². The standard InChI is InChI=1S/C11H9ClO2S/c12-11-9(5-6-14-11)10(13)4-3-8-2-1-7-15-8/h1-2,5-7H,3-4H2. The zero-order chi connectivity index (χ0) is 10.7. The quantitative estimate of drug-likeness (QED) is 0.761. The summed E-state index contributed by atoms with van der Waals surface area (Å²) in [4.78, 5) is 12.9. The van der Waals surface area contributed by atoms with Gasteiger partial charge in [-0.3, -0.25) is 4.79 Å². The first-order valence-electron chi connectivity index (χ1n) is 4.56. The molecule has 4 heteroatoms. The third-order valence-electron chi connectivity index (χ3n) is 2.10. The molecule has 0 atom stereocenters. The Balaban J connectivity index is 1.96. The van der Waals surface area contributed by atoms with Gasteiger partial charge in [0, 0.05) is 11.3 Å². The van der Waals surface area contributed by atoms with E-state index in [1.165, 1.54) is 11.1 Å². The molecule has 0 aromatic carbocycles. The lowest BCUT2D eigenvalue weighted by molar-refractivity contribution is 0.0982. The number of rotatable bonds is 4. The van der Waals surface area contributed by atoms with Crippen LogP contribution in [0.5, 0.6) is 0 Å². The Hall–Kier alpha value is -1.06. The first-order chi connectivity index (χ1) is 7.27. The lowest BCUT2D eigenvalue weighted by Gasteiger charge is -1.96. The van der Waals surface area contributed by atoms with E-state index in [2.05, 4.69) is 0 Å². The van der Waals surface area contributed by atoms with Crippen molar-refractivity contribution in [3.8, 4) is 0 Å². The van der Waals surface area contributed by atoms with Gasteiger partial charge in [0.15, 0.2) is 5.78 Å². The van der Waals surface area contributed by atoms with Crippen LogP contribution in [0.15, 0.2) is 34.3 Å². The fourth-order valence-electron chi connectivity index (χ4n) is 1.32. The summed E-state index contributed by atoms with van der Waals surface area (Å²) in [7, 11) is 0. The highest BCUT2D eigenvalue weighted by Gasteiger charge is 2.12. The van der Waals surface area contributed by atoms with Crippen LogP contribution in [0.25, 0.3) is 0 Å². The second kappa shape index (κ2) is 4.64. The van der Waals surface area contributed by atoms with Crippen LogP contribution in [0, 0.1) is 0 Å². The van der Waals surface area contributed by atoms with Crippen LogP contribution in [-0.2, 0) is 6.42 Å². The fourth-order valence-corrected chi connectivity index (χ4v) is 2.25. The molecule has 0 radical (unpaired) electrons. The predicted octanol–water partition coefficient (Wildman–Crippen LogP) is 3.81. The van der Waals surface area contributed by atoms with Crippen molar-refractivity contribution in [2.75, 3.05) is 0 Å². The van der Waals surface area contributed by atoms with Gasteiger partial charge in [-0.15, -0.1) is 11.3 Å². The second-order valence-corrected chi connectivity index (χ2v) is 4.49. The summed E-state index contributed by atoms with van der Waals surface area (Å²) in [6, 6.07) is 5.61. The molecule has 2 rings (SSSR count). The molecule has 0 aliphatic carbocycles. The van der Waals surface area contributed by atoms with Gasteiger partial charge >= 0.3 is 0 Å². The van der Waals surface area contributed by atoms with E-state index in [9.17, 15) is 4.79 Å². The van der Waals surface area contributed by atoms with Crippen molar-refractivity contribution in [3.63, 3.8) is 0 Å². The van der Waals surface area contributed by atoms with Crippen LogP contribution in [0.2, 0.25) is 5.22 Å². The van der Waals surface area contributed by atoms with Gasteiger partial charge in [0.25, 0.3) is 0 Å². The molecule has 2 nitrogen and oxygen atoms in total. The Morgan fingerprint density at radius 1 is 1.47 bits per heavy atom. The predicted molar refractivity (Wildman–Crippen MR) is 60.7 cm³/mol. The van der Waals surface area contributed by atoms with Gasteiger partial charge < -0.3 is 4.42 Å².